The van der Waals surface area contributed by atoms with Gasteiger partial charge in [0, 0.05) is 24.0 Å². The number of sulfonamides is 1. The zero-order chi connectivity index (χ0) is 21.4. The number of hydrogen-bond acceptors (Lipinski definition) is 5. The van der Waals surface area contributed by atoms with Crippen molar-refractivity contribution in [1.29, 1.82) is 0 Å². The molecule has 0 saturated carbocycles. The van der Waals surface area contributed by atoms with Crippen LogP contribution in [-0.2, 0) is 10.0 Å². The van der Waals surface area contributed by atoms with Crippen LogP contribution in [0, 0.1) is 5.82 Å². The van der Waals surface area contributed by atoms with Crippen molar-refractivity contribution in [2.75, 3.05) is 13.1 Å². The molecule has 0 aliphatic carbocycles. The van der Waals surface area contributed by atoms with Crippen LogP contribution in [0.25, 0.3) is 22.2 Å². The van der Waals surface area contributed by atoms with Gasteiger partial charge in [-0.2, -0.15) is 9.29 Å². The molecule has 0 spiro atoms. The molecule has 31 heavy (non-hydrogen) atoms. The highest BCUT2D eigenvalue weighted by Crippen LogP contribution is 2.32. The van der Waals surface area contributed by atoms with Crippen LogP contribution in [0.1, 0.15) is 24.7 Å². The zero-order valence-corrected chi connectivity index (χ0v) is 17.4. The Labute approximate surface area is 179 Å². The second-order valence-electron chi connectivity index (χ2n) is 7.64. The largest absolute Gasteiger partial charge is 0.339 e. The summed E-state index contributed by atoms with van der Waals surface area (Å²) in [6, 6.07) is 18.6. The van der Waals surface area contributed by atoms with Crippen LogP contribution in [-0.4, -0.2) is 36.0 Å². The minimum atomic E-state index is -3.68. The molecule has 5 rings (SSSR count). The average Bonchev–Trinajstić information content (AvgIpc) is 3.29. The molecule has 4 aromatic rings. The smallest absolute Gasteiger partial charge is 0.243 e. The Balaban J connectivity index is 1.42. The van der Waals surface area contributed by atoms with Crippen LogP contribution in [0.4, 0.5) is 4.39 Å². The van der Waals surface area contributed by atoms with Crippen molar-refractivity contribution < 1.29 is 17.3 Å². The van der Waals surface area contributed by atoms with Crippen LogP contribution in [0.2, 0.25) is 0 Å². The summed E-state index contributed by atoms with van der Waals surface area (Å²) in [5.74, 6) is 0.232. The Kier molecular flexibility index (Phi) is 5.03. The second-order valence-corrected chi connectivity index (χ2v) is 9.55. The van der Waals surface area contributed by atoms with Gasteiger partial charge in [-0.3, -0.25) is 0 Å². The molecule has 0 N–H and O–H groups in total. The molecule has 3 aromatic carbocycles. The van der Waals surface area contributed by atoms with E-state index < -0.39 is 10.0 Å². The Morgan fingerprint density at radius 1 is 1.00 bits per heavy atom. The van der Waals surface area contributed by atoms with Gasteiger partial charge in [-0.15, -0.1) is 0 Å². The molecular formula is C23H20FN3O3S. The van der Waals surface area contributed by atoms with Crippen molar-refractivity contribution in [1.82, 2.24) is 14.4 Å². The molecular weight excluding hydrogens is 417 g/mol. The Morgan fingerprint density at radius 3 is 2.61 bits per heavy atom. The SMILES string of the molecule is O=S(=O)(c1cccc2ccccc12)N1CCCC(c2nc(-c3ccc(F)cc3)no2)C1. The highest BCUT2D eigenvalue weighted by atomic mass is 32.2. The number of benzene rings is 3. The standard InChI is InChI=1S/C23H20FN3O3S/c24-19-12-10-17(11-13-19)22-25-23(30-26-22)18-7-4-14-27(15-18)31(28,29)21-9-3-6-16-5-1-2-8-20(16)21/h1-3,5-6,8-13,18H,4,7,14-15H2. The summed E-state index contributed by atoms with van der Waals surface area (Å²) < 4.78 is 47.0. The first-order chi connectivity index (χ1) is 15.0. The van der Waals surface area contributed by atoms with E-state index in [4.69, 9.17) is 4.52 Å². The van der Waals surface area contributed by atoms with E-state index >= 15 is 0 Å². The lowest BCUT2D eigenvalue weighted by molar-refractivity contribution is 0.266. The molecule has 1 aliphatic heterocycles. The van der Waals surface area contributed by atoms with E-state index in [1.807, 2.05) is 30.3 Å². The Bertz CT molecular complexity index is 1330. The second kappa shape index (κ2) is 7.86. The fraction of sp³-hybridized carbons (Fsp3) is 0.217. The van der Waals surface area contributed by atoms with Crippen molar-refractivity contribution in [3.8, 4) is 11.4 Å². The highest BCUT2D eigenvalue weighted by Gasteiger charge is 2.34. The van der Waals surface area contributed by atoms with Gasteiger partial charge in [-0.25, -0.2) is 12.8 Å². The number of rotatable bonds is 4. The minimum absolute atomic E-state index is 0.194. The molecule has 1 aromatic heterocycles. The maximum Gasteiger partial charge on any atom is 0.243 e. The van der Waals surface area contributed by atoms with Crippen LogP contribution in [0.15, 0.2) is 76.1 Å². The molecule has 2 heterocycles. The first-order valence-electron chi connectivity index (χ1n) is 10.1. The predicted octanol–water partition coefficient (Wildman–Crippen LogP) is 4.60. The number of aromatic nitrogens is 2. The highest BCUT2D eigenvalue weighted by molar-refractivity contribution is 7.89. The van der Waals surface area contributed by atoms with Crippen molar-refractivity contribution in [3.05, 3.63) is 78.4 Å². The van der Waals surface area contributed by atoms with E-state index in [1.165, 1.54) is 16.4 Å². The van der Waals surface area contributed by atoms with Gasteiger partial charge in [0.1, 0.15) is 5.82 Å². The van der Waals surface area contributed by atoms with Crippen LogP contribution in [0.3, 0.4) is 0 Å². The lowest BCUT2D eigenvalue weighted by Gasteiger charge is -2.30. The third-order valence-electron chi connectivity index (χ3n) is 5.64. The first kappa shape index (κ1) is 19.8. The van der Waals surface area contributed by atoms with Crippen molar-refractivity contribution in [2.24, 2.45) is 0 Å². The zero-order valence-electron chi connectivity index (χ0n) is 16.6. The van der Waals surface area contributed by atoms with Gasteiger partial charge in [0.2, 0.25) is 21.7 Å². The van der Waals surface area contributed by atoms with Gasteiger partial charge >= 0.3 is 0 Å². The van der Waals surface area contributed by atoms with E-state index in [9.17, 15) is 12.8 Å². The molecule has 1 fully saturated rings. The number of nitrogens with zero attached hydrogens (tertiary/aromatic N) is 3. The summed E-state index contributed by atoms with van der Waals surface area (Å²) in [5.41, 5.74) is 0.646. The molecule has 0 amide bonds. The molecule has 1 aliphatic rings. The van der Waals surface area contributed by atoms with Gasteiger partial charge < -0.3 is 4.52 Å². The maximum atomic E-state index is 13.5. The Morgan fingerprint density at radius 2 is 1.77 bits per heavy atom. The summed E-state index contributed by atoms with van der Waals surface area (Å²) >= 11 is 0. The van der Waals surface area contributed by atoms with E-state index in [2.05, 4.69) is 10.1 Å². The van der Waals surface area contributed by atoms with Crippen LogP contribution in [0.5, 0.6) is 0 Å². The third-order valence-corrected chi connectivity index (χ3v) is 7.57. The van der Waals surface area contributed by atoms with Gasteiger partial charge in [0.15, 0.2) is 0 Å². The summed E-state index contributed by atoms with van der Waals surface area (Å²) in [6.45, 7) is 0.720. The van der Waals surface area contributed by atoms with Crippen LogP contribution >= 0.6 is 0 Å². The topological polar surface area (TPSA) is 76.3 Å². The maximum absolute atomic E-state index is 13.5. The van der Waals surface area contributed by atoms with Gasteiger partial charge in [0.25, 0.3) is 0 Å². The lowest BCUT2D eigenvalue weighted by Crippen LogP contribution is -2.39. The predicted molar refractivity (Wildman–Crippen MR) is 114 cm³/mol. The van der Waals surface area contributed by atoms with Gasteiger partial charge in [-0.05, 0) is 48.6 Å². The summed E-state index contributed by atoms with van der Waals surface area (Å²) in [6.07, 6.45) is 1.45. The van der Waals surface area contributed by atoms with E-state index in [0.29, 0.717) is 40.5 Å². The van der Waals surface area contributed by atoms with E-state index in [1.54, 1.807) is 24.3 Å². The Hall–Kier alpha value is -3.10. The molecule has 6 nitrogen and oxygen atoms in total. The summed E-state index contributed by atoms with van der Waals surface area (Å²) in [4.78, 5) is 4.76. The van der Waals surface area contributed by atoms with Gasteiger partial charge in [0.05, 0.1) is 10.8 Å². The average molecular weight is 437 g/mol. The number of piperidine rings is 1. The van der Waals surface area contributed by atoms with Gasteiger partial charge in [-0.1, -0.05) is 41.6 Å². The molecule has 8 heteroatoms. The molecule has 158 valence electrons. The minimum Gasteiger partial charge on any atom is -0.339 e. The van der Waals surface area contributed by atoms with Crippen molar-refractivity contribution in [2.45, 2.75) is 23.7 Å². The summed E-state index contributed by atoms with van der Waals surface area (Å²) in [5, 5.41) is 5.60. The molecule has 1 unspecified atom stereocenters. The lowest BCUT2D eigenvalue weighted by atomic mass is 10.00. The first-order valence-corrected chi connectivity index (χ1v) is 11.5. The monoisotopic (exact) mass is 437 g/mol. The quantitative estimate of drug-likeness (QED) is 0.466. The van der Waals surface area contributed by atoms with E-state index in [0.717, 1.165) is 11.8 Å². The summed E-state index contributed by atoms with van der Waals surface area (Å²) in [7, 11) is -3.68. The molecule has 1 saturated heterocycles. The van der Waals surface area contributed by atoms with Crippen LogP contribution < -0.4 is 0 Å². The fourth-order valence-electron chi connectivity index (χ4n) is 4.04. The number of fused-ring (bicyclic) bond motifs is 1. The van der Waals surface area contributed by atoms with Crippen molar-refractivity contribution in [3.63, 3.8) is 0 Å². The normalized spacial score (nSPS) is 17.8. The third kappa shape index (κ3) is 3.73. The molecule has 0 bridgehead atoms. The van der Waals surface area contributed by atoms with Crippen molar-refractivity contribution >= 4 is 20.8 Å². The fourth-order valence-corrected chi connectivity index (χ4v) is 5.78. The molecule has 1 atom stereocenters. The van der Waals surface area contributed by atoms with E-state index in [-0.39, 0.29) is 18.3 Å². The number of hydrogen-bond donors (Lipinski definition) is 0. The molecule has 0 radical (unpaired) electrons. The number of halogens is 1.